The average Bonchev–Trinajstić information content (AvgIpc) is 2.10. The number of aliphatic hydroxyl groups is 1. The van der Waals surface area contributed by atoms with Gasteiger partial charge in [-0.05, 0) is 56.6 Å². The molecule has 0 heterocycles. The molecule has 0 radical (unpaired) electrons. The first-order valence-corrected chi connectivity index (χ1v) is 5.91. The summed E-state index contributed by atoms with van der Waals surface area (Å²) in [7, 11) is 0. The molecule has 1 atom stereocenters. The first-order chi connectivity index (χ1) is 6.84. The first kappa shape index (κ1) is 12.5. The van der Waals surface area contributed by atoms with E-state index < -0.39 is 0 Å². The van der Waals surface area contributed by atoms with Crippen molar-refractivity contribution < 1.29 is 5.11 Å². The van der Waals surface area contributed by atoms with Gasteiger partial charge in [0.2, 0.25) is 0 Å². The molecule has 0 fully saturated rings. The molecular formula is C14H24O. The average molecular weight is 208 g/mol. The summed E-state index contributed by atoms with van der Waals surface area (Å²) in [6.45, 7) is 10.7. The van der Waals surface area contributed by atoms with Crippen LogP contribution in [-0.4, -0.2) is 11.2 Å². The minimum absolute atomic E-state index is 0.276. The topological polar surface area (TPSA) is 20.2 Å². The molecule has 0 bridgehead atoms. The molecule has 0 aromatic heterocycles. The van der Waals surface area contributed by atoms with Crippen LogP contribution in [0, 0.1) is 5.41 Å². The summed E-state index contributed by atoms with van der Waals surface area (Å²) in [5.41, 5.74) is 4.27. The largest absolute Gasteiger partial charge is 0.389 e. The number of aliphatic hydroxyl groups excluding tert-OH is 1. The Morgan fingerprint density at radius 2 is 2.07 bits per heavy atom. The van der Waals surface area contributed by atoms with Crippen LogP contribution in [0.25, 0.3) is 0 Å². The molecule has 1 N–H and O–H groups in total. The van der Waals surface area contributed by atoms with Gasteiger partial charge in [0.05, 0.1) is 6.10 Å². The Morgan fingerprint density at radius 1 is 1.47 bits per heavy atom. The summed E-state index contributed by atoms with van der Waals surface area (Å²) in [5, 5.41) is 9.52. The van der Waals surface area contributed by atoms with E-state index >= 15 is 0 Å². The molecular weight excluding hydrogens is 184 g/mol. The smallest absolute Gasteiger partial charge is 0.0722 e. The quantitative estimate of drug-likeness (QED) is 0.731. The number of hydrogen-bond donors (Lipinski definition) is 1. The van der Waals surface area contributed by atoms with Gasteiger partial charge in [-0.1, -0.05) is 25.5 Å². The second-order valence-corrected chi connectivity index (χ2v) is 5.50. The fourth-order valence-electron chi connectivity index (χ4n) is 2.31. The zero-order valence-corrected chi connectivity index (χ0v) is 10.7. The third-order valence-corrected chi connectivity index (χ3v) is 3.57. The van der Waals surface area contributed by atoms with E-state index in [0.29, 0.717) is 0 Å². The van der Waals surface area contributed by atoms with Crippen LogP contribution in [0.4, 0.5) is 0 Å². The van der Waals surface area contributed by atoms with E-state index in [0.717, 1.165) is 5.57 Å². The van der Waals surface area contributed by atoms with Gasteiger partial charge in [0.1, 0.15) is 0 Å². The molecule has 0 aromatic carbocycles. The van der Waals surface area contributed by atoms with Crippen molar-refractivity contribution in [2.45, 2.75) is 60.0 Å². The minimum atomic E-state index is -0.331. The molecule has 1 unspecified atom stereocenters. The number of allylic oxidation sites excluding steroid dienone is 3. The van der Waals surface area contributed by atoms with E-state index in [-0.39, 0.29) is 11.5 Å². The van der Waals surface area contributed by atoms with Crippen LogP contribution in [0.1, 0.15) is 53.9 Å². The molecule has 0 saturated carbocycles. The van der Waals surface area contributed by atoms with Crippen molar-refractivity contribution in [3.63, 3.8) is 0 Å². The summed E-state index contributed by atoms with van der Waals surface area (Å²) in [6.07, 6.45) is 5.62. The lowest BCUT2D eigenvalue weighted by Crippen LogP contribution is -2.20. The van der Waals surface area contributed by atoms with Gasteiger partial charge in [0.15, 0.2) is 0 Å². The Morgan fingerprint density at radius 3 is 2.53 bits per heavy atom. The highest BCUT2D eigenvalue weighted by molar-refractivity contribution is 5.35. The second-order valence-electron chi connectivity index (χ2n) is 5.50. The van der Waals surface area contributed by atoms with Crippen LogP contribution in [0.3, 0.4) is 0 Å². The predicted octanol–water partition coefficient (Wildman–Crippen LogP) is 3.84. The number of hydrogen-bond acceptors (Lipinski definition) is 1. The molecule has 1 rings (SSSR count). The van der Waals surface area contributed by atoms with Crippen molar-refractivity contribution in [3.05, 3.63) is 22.8 Å². The van der Waals surface area contributed by atoms with Crippen LogP contribution in [0.5, 0.6) is 0 Å². The molecule has 0 aromatic rings. The second kappa shape index (κ2) is 4.52. The standard InChI is InChI=1S/C14H24O/c1-10-7-6-8-14(4,5)13(10)9-11(2)12(3)15/h9,12,15H,6-8H2,1-5H3/b11-9-. The SMILES string of the molecule is CC1=C(/C=C(/C)C(C)O)C(C)(C)CCC1. The van der Waals surface area contributed by atoms with Crippen LogP contribution in [-0.2, 0) is 0 Å². The van der Waals surface area contributed by atoms with Gasteiger partial charge < -0.3 is 5.11 Å². The van der Waals surface area contributed by atoms with Crippen LogP contribution in [0.2, 0.25) is 0 Å². The van der Waals surface area contributed by atoms with E-state index in [1.165, 1.54) is 30.4 Å². The summed E-state index contributed by atoms with van der Waals surface area (Å²) in [4.78, 5) is 0. The van der Waals surface area contributed by atoms with Gasteiger partial charge in [0.25, 0.3) is 0 Å². The third-order valence-electron chi connectivity index (χ3n) is 3.57. The predicted molar refractivity (Wildman–Crippen MR) is 65.8 cm³/mol. The lowest BCUT2D eigenvalue weighted by molar-refractivity contribution is 0.231. The van der Waals surface area contributed by atoms with Gasteiger partial charge in [0, 0.05) is 0 Å². The Labute approximate surface area is 93.9 Å². The molecule has 15 heavy (non-hydrogen) atoms. The highest BCUT2D eigenvalue weighted by Gasteiger charge is 2.27. The summed E-state index contributed by atoms with van der Waals surface area (Å²) in [6, 6.07) is 0. The van der Waals surface area contributed by atoms with Gasteiger partial charge in [-0.25, -0.2) is 0 Å². The third kappa shape index (κ3) is 2.94. The molecule has 0 saturated heterocycles. The molecule has 1 aliphatic carbocycles. The summed E-state index contributed by atoms with van der Waals surface area (Å²) < 4.78 is 0. The fourth-order valence-corrected chi connectivity index (χ4v) is 2.31. The Bertz CT molecular complexity index is 292. The molecule has 1 aliphatic rings. The van der Waals surface area contributed by atoms with Crippen LogP contribution < -0.4 is 0 Å². The lowest BCUT2D eigenvalue weighted by Gasteiger charge is -2.33. The van der Waals surface area contributed by atoms with Gasteiger partial charge in [-0.15, -0.1) is 0 Å². The van der Waals surface area contributed by atoms with Gasteiger partial charge in [-0.3, -0.25) is 0 Å². The van der Waals surface area contributed by atoms with Gasteiger partial charge in [-0.2, -0.15) is 0 Å². The molecule has 0 amide bonds. The maximum Gasteiger partial charge on any atom is 0.0722 e. The van der Waals surface area contributed by atoms with E-state index in [1.54, 1.807) is 0 Å². The van der Waals surface area contributed by atoms with Crippen molar-refractivity contribution in [2.24, 2.45) is 5.41 Å². The van der Waals surface area contributed by atoms with E-state index in [4.69, 9.17) is 0 Å². The molecule has 1 nitrogen and oxygen atoms in total. The molecule has 86 valence electrons. The molecule has 1 heteroatoms. The highest BCUT2D eigenvalue weighted by atomic mass is 16.3. The monoisotopic (exact) mass is 208 g/mol. The normalized spacial score (nSPS) is 24.3. The van der Waals surface area contributed by atoms with E-state index in [9.17, 15) is 5.11 Å². The van der Waals surface area contributed by atoms with Crippen LogP contribution in [0.15, 0.2) is 22.8 Å². The summed E-state index contributed by atoms with van der Waals surface area (Å²) in [5.74, 6) is 0. The van der Waals surface area contributed by atoms with Crippen molar-refractivity contribution in [2.75, 3.05) is 0 Å². The maximum atomic E-state index is 9.52. The van der Waals surface area contributed by atoms with Crippen molar-refractivity contribution in [3.8, 4) is 0 Å². The highest BCUT2D eigenvalue weighted by Crippen LogP contribution is 2.41. The maximum absolute atomic E-state index is 9.52. The zero-order chi connectivity index (χ0) is 11.6. The van der Waals surface area contributed by atoms with Crippen molar-refractivity contribution >= 4 is 0 Å². The van der Waals surface area contributed by atoms with Crippen molar-refractivity contribution in [1.82, 2.24) is 0 Å². The van der Waals surface area contributed by atoms with Crippen molar-refractivity contribution in [1.29, 1.82) is 0 Å². The minimum Gasteiger partial charge on any atom is -0.389 e. The first-order valence-electron chi connectivity index (χ1n) is 5.91. The Balaban J connectivity index is 3.05. The Hall–Kier alpha value is -0.560. The fraction of sp³-hybridized carbons (Fsp3) is 0.714. The number of rotatable bonds is 2. The summed E-state index contributed by atoms with van der Waals surface area (Å²) >= 11 is 0. The molecule has 0 aliphatic heterocycles. The zero-order valence-electron chi connectivity index (χ0n) is 10.7. The van der Waals surface area contributed by atoms with Crippen LogP contribution >= 0.6 is 0 Å². The Kier molecular flexibility index (Phi) is 3.77. The molecule has 0 spiro atoms. The lowest BCUT2D eigenvalue weighted by atomic mass is 9.72. The van der Waals surface area contributed by atoms with Gasteiger partial charge >= 0.3 is 0 Å². The van der Waals surface area contributed by atoms with E-state index in [1.807, 2.05) is 13.8 Å². The van der Waals surface area contributed by atoms with E-state index in [2.05, 4.69) is 26.8 Å².